The first-order valence-electron chi connectivity index (χ1n) is 7.48. The third-order valence-corrected chi connectivity index (χ3v) is 4.05. The van der Waals surface area contributed by atoms with Crippen LogP contribution >= 0.6 is 0 Å². The van der Waals surface area contributed by atoms with Gasteiger partial charge >= 0.3 is 0 Å². The second-order valence-electron chi connectivity index (χ2n) is 5.40. The van der Waals surface area contributed by atoms with E-state index >= 15 is 0 Å². The number of benzene rings is 2. The summed E-state index contributed by atoms with van der Waals surface area (Å²) in [7, 11) is 0. The summed E-state index contributed by atoms with van der Waals surface area (Å²) in [5.41, 5.74) is 2.80. The lowest BCUT2D eigenvalue weighted by Crippen LogP contribution is -2.46. The fourth-order valence-corrected chi connectivity index (χ4v) is 2.80. The van der Waals surface area contributed by atoms with Crippen LogP contribution in [-0.4, -0.2) is 37.6 Å². The Morgan fingerprint density at radius 2 is 1.30 bits per heavy atom. The molecule has 0 aliphatic carbocycles. The van der Waals surface area contributed by atoms with Crippen LogP contribution in [0.5, 0.6) is 0 Å². The maximum absolute atomic E-state index is 2.58. The summed E-state index contributed by atoms with van der Waals surface area (Å²) in [4.78, 5) is 5.06. The minimum absolute atomic E-state index is 1.14. The van der Waals surface area contributed by atoms with Gasteiger partial charge in [0.1, 0.15) is 0 Å². The quantitative estimate of drug-likeness (QED) is 0.839. The highest BCUT2D eigenvalue weighted by molar-refractivity contribution is 5.46. The number of hydrogen-bond acceptors (Lipinski definition) is 2. The Morgan fingerprint density at radius 1 is 0.700 bits per heavy atom. The van der Waals surface area contributed by atoms with E-state index in [9.17, 15) is 0 Å². The first kappa shape index (κ1) is 13.2. The average molecular weight is 266 g/mol. The first-order chi connectivity index (χ1) is 9.92. The monoisotopic (exact) mass is 266 g/mol. The first-order valence-corrected chi connectivity index (χ1v) is 7.48. The van der Waals surface area contributed by atoms with Gasteiger partial charge in [0.25, 0.3) is 0 Å². The smallest absolute Gasteiger partial charge is 0.0367 e. The lowest BCUT2D eigenvalue weighted by atomic mass is 10.1. The molecule has 0 bridgehead atoms. The predicted molar refractivity (Wildman–Crippen MR) is 85.2 cm³/mol. The van der Waals surface area contributed by atoms with Crippen molar-refractivity contribution >= 4 is 5.69 Å². The molecular weight excluding hydrogens is 244 g/mol. The molecule has 0 radical (unpaired) electrons. The van der Waals surface area contributed by atoms with Crippen LogP contribution in [0.3, 0.4) is 0 Å². The Kier molecular flexibility index (Phi) is 4.34. The van der Waals surface area contributed by atoms with E-state index in [1.165, 1.54) is 30.9 Å². The molecule has 0 N–H and O–H groups in total. The maximum Gasteiger partial charge on any atom is 0.0367 e. The zero-order valence-corrected chi connectivity index (χ0v) is 11.9. The van der Waals surface area contributed by atoms with E-state index in [1.54, 1.807) is 0 Å². The van der Waals surface area contributed by atoms with E-state index in [1.807, 2.05) is 0 Å². The summed E-state index contributed by atoms with van der Waals surface area (Å²) < 4.78 is 0. The van der Waals surface area contributed by atoms with Crippen LogP contribution in [0, 0.1) is 0 Å². The number of piperazine rings is 1. The van der Waals surface area contributed by atoms with E-state index in [4.69, 9.17) is 0 Å². The largest absolute Gasteiger partial charge is 0.369 e. The molecule has 0 amide bonds. The van der Waals surface area contributed by atoms with Gasteiger partial charge in [-0.05, 0) is 24.1 Å². The fraction of sp³-hybridized carbons (Fsp3) is 0.333. The van der Waals surface area contributed by atoms with Crippen molar-refractivity contribution < 1.29 is 0 Å². The minimum atomic E-state index is 1.14. The zero-order valence-electron chi connectivity index (χ0n) is 11.9. The molecule has 0 aromatic heterocycles. The predicted octanol–water partition coefficient (Wildman–Crippen LogP) is 3.05. The summed E-state index contributed by atoms with van der Waals surface area (Å²) in [5.74, 6) is 0. The topological polar surface area (TPSA) is 6.48 Å². The molecule has 1 aliphatic heterocycles. The molecule has 2 aromatic rings. The summed E-state index contributed by atoms with van der Waals surface area (Å²) in [6, 6.07) is 21.5. The van der Waals surface area contributed by atoms with Gasteiger partial charge in [0.05, 0.1) is 0 Å². The van der Waals surface area contributed by atoms with Crippen LogP contribution in [-0.2, 0) is 6.42 Å². The summed E-state index contributed by atoms with van der Waals surface area (Å²) in [5, 5.41) is 0. The van der Waals surface area contributed by atoms with Crippen LogP contribution in [0.2, 0.25) is 0 Å². The van der Waals surface area contributed by atoms with Gasteiger partial charge in [-0.3, -0.25) is 4.90 Å². The minimum Gasteiger partial charge on any atom is -0.369 e. The molecule has 2 nitrogen and oxygen atoms in total. The van der Waals surface area contributed by atoms with E-state index in [0.717, 1.165) is 19.5 Å². The SMILES string of the molecule is c1ccc(CCN2CCN(c3ccccc3)CC2)cc1. The van der Waals surface area contributed by atoms with Crippen LogP contribution < -0.4 is 4.90 Å². The van der Waals surface area contributed by atoms with Crippen molar-refractivity contribution in [2.24, 2.45) is 0 Å². The normalized spacial score (nSPS) is 16.3. The zero-order chi connectivity index (χ0) is 13.6. The Hall–Kier alpha value is -1.80. The van der Waals surface area contributed by atoms with Crippen LogP contribution in [0.15, 0.2) is 60.7 Å². The molecule has 1 fully saturated rings. The number of rotatable bonds is 4. The van der Waals surface area contributed by atoms with Gasteiger partial charge in [-0.1, -0.05) is 48.5 Å². The molecule has 1 heterocycles. The fourth-order valence-electron chi connectivity index (χ4n) is 2.80. The van der Waals surface area contributed by atoms with E-state index in [0.29, 0.717) is 0 Å². The van der Waals surface area contributed by atoms with Crippen molar-refractivity contribution in [3.8, 4) is 0 Å². The van der Waals surface area contributed by atoms with Gasteiger partial charge < -0.3 is 4.90 Å². The Balaban J connectivity index is 1.47. The van der Waals surface area contributed by atoms with Gasteiger partial charge in [0.15, 0.2) is 0 Å². The third-order valence-electron chi connectivity index (χ3n) is 4.05. The summed E-state index contributed by atoms with van der Waals surface area (Å²) in [6.07, 6.45) is 1.16. The molecule has 104 valence electrons. The van der Waals surface area contributed by atoms with Crippen molar-refractivity contribution in [2.45, 2.75) is 6.42 Å². The molecule has 2 aromatic carbocycles. The molecule has 2 heteroatoms. The summed E-state index contributed by atoms with van der Waals surface area (Å²) in [6.45, 7) is 5.79. The van der Waals surface area contributed by atoms with Gasteiger partial charge in [-0.25, -0.2) is 0 Å². The lowest BCUT2D eigenvalue weighted by molar-refractivity contribution is 0.261. The Morgan fingerprint density at radius 3 is 1.95 bits per heavy atom. The molecule has 1 aliphatic rings. The molecular formula is C18H22N2. The molecule has 20 heavy (non-hydrogen) atoms. The van der Waals surface area contributed by atoms with Crippen molar-refractivity contribution in [3.63, 3.8) is 0 Å². The number of anilines is 1. The molecule has 0 spiro atoms. The van der Waals surface area contributed by atoms with Crippen molar-refractivity contribution in [2.75, 3.05) is 37.6 Å². The van der Waals surface area contributed by atoms with E-state index in [2.05, 4.69) is 70.5 Å². The summed E-state index contributed by atoms with van der Waals surface area (Å²) >= 11 is 0. The van der Waals surface area contributed by atoms with Crippen LogP contribution in [0.4, 0.5) is 5.69 Å². The van der Waals surface area contributed by atoms with Crippen molar-refractivity contribution in [1.29, 1.82) is 0 Å². The van der Waals surface area contributed by atoms with E-state index in [-0.39, 0.29) is 0 Å². The second-order valence-corrected chi connectivity index (χ2v) is 5.40. The molecule has 3 rings (SSSR count). The van der Waals surface area contributed by atoms with Gasteiger partial charge in [0.2, 0.25) is 0 Å². The standard InChI is InChI=1S/C18H22N2/c1-3-7-17(8-4-1)11-12-19-13-15-20(16-14-19)18-9-5-2-6-10-18/h1-10H,11-16H2. The molecule has 0 saturated carbocycles. The van der Waals surface area contributed by atoms with E-state index < -0.39 is 0 Å². The number of nitrogens with zero attached hydrogens (tertiary/aromatic N) is 2. The highest BCUT2D eigenvalue weighted by Gasteiger charge is 2.16. The van der Waals surface area contributed by atoms with Crippen LogP contribution in [0.25, 0.3) is 0 Å². The molecule has 1 saturated heterocycles. The molecule has 0 atom stereocenters. The third kappa shape index (κ3) is 3.40. The average Bonchev–Trinajstić information content (AvgIpc) is 2.55. The van der Waals surface area contributed by atoms with Gasteiger partial charge in [0, 0.05) is 38.4 Å². The number of para-hydroxylation sites is 1. The number of hydrogen-bond donors (Lipinski definition) is 0. The Labute approximate surface area is 121 Å². The lowest BCUT2D eigenvalue weighted by Gasteiger charge is -2.36. The highest BCUT2D eigenvalue weighted by atomic mass is 15.3. The van der Waals surface area contributed by atoms with Gasteiger partial charge in [-0.2, -0.15) is 0 Å². The van der Waals surface area contributed by atoms with Gasteiger partial charge in [-0.15, -0.1) is 0 Å². The van der Waals surface area contributed by atoms with Crippen molar-refractivity contribution in [1.82, 2.24) is 4.90 Å². The van der Waals surface area contributed by atoms with Crippen LogP contribution in [0.1, 0.15) is 5.56 Å². The Bertz CT molecular complexity index is 501. The molecule has 0 unspecified atom stereocenters. The second kappa shape index (κ2) is 6.58. The highest BCUT2D eigenvalue weighted by Crippen LogP contribution is 2.15. The maximum atomic E-state index is 2.58. The van der Waals surface area contributed by atoms with Crippen molar-refractivity contribution in [3.05, 3.63) is 66.2 Å².